The molecule has 6 nitrogen and oxygen atoms in total. The zero-order valence-electron chi connectivity index (χ0n) is 10.9. The van der Waals surface area contributed by atoms with Crippen LogP contribution >= 0.6 is 15.9 Å². The Hall–Kier alpha value is -1.63. The van der Waals surface area contributed by atoms with Gasteiger partial charge in [-0.3, -0.25) is 0 Å². The van der Waals surface area contributed by atoms with Crippen LogP contribution in [0.1, 0.15) is 24.8 Å². The van der Waals surface area contributed by atoms with Gasteiger partial charge in [0.15, 0.2) is 0 Å². The second-order valence-electron chi connectivity index (χ2n) is 4.09. The molecule has 0 amide bonds. The second-order valence-corrected chi connectivity index (χ2v) is 4.89. The largest absolute Gasteiger partial charge is 0.369 e. The van der Waals surface area contributed by atoms with Crippen molar-refractivity contribution in [2.75, 3.05) is 17.2 Å². The lowest BCUT2D eigenvalue weighted by Crippen LogP contribution is -2.07. The number of hydrogen-bond donors (Lipinski definition) is 2. The van der Waals surface area contributed by atoms with Crippen LogP contribution in [0.3, 0.4) is 0 Å². The molecule has 0 spiro atoms. The van der Waals surface area contributed by atoms with Gasteiger partial charge in [-0.1, -0.05) is 12.1 Å². The van der Waals surface area contributed by atoms with E-state index in [1.54, 1.807) is 0 Å². The first-order valence-electron chi connectivity index (χ1n) is 6.11. The smallest absolute Gasteiger partial charge is 0.146 e. The highest BCUT2D eigenvalue weighted by atomic mass is 79.9. The molecule has 0 bridgehead atoms. The van der Waals surface area contributed by atoms with Crippen molar-refractivity contribution in [1.29, 1.82) is 0 Å². The number of anilines is 2. The summed E-state index contributed by atoms with van der Waals surface area (Å²) in [7, 11) is 0. The van der Waals surface area contributed by atoms with Crippen molar-refractivity contribution in [3.8, 4) is 0 Å². The number of rotatable bonds is 6. The minimum atomic E-state index is 0.556. The number of aryl methyl sites for hydroxylation is 1. The van der Waals surface area contributed by atoms with Crippen molar-refractivity contribution in [2.45, 2.75) is 26.8 Å². The molecule has 2 aromatic rings. The highest BCUT2D eigenvalue weighted by Gasteiger charge is 2.08. The van der Waals surface area contributed by atoms with Crippen molar-refractivity contribution >= 4 is 27.6 Å². The standard InChI is InChI=1S/C12H16BrN5O/c1-3-4-14-11-10(13)12(17-7-16-11)15-6-9-5-8(2)19-18-9/h5,7H,3-4,6H2,1-2H3,(H2,14,15,16,17). The monoisotopic (exact) mass is 325 g/mol. The first kappa shape index (κ1) is 13.8. The highest BCUT2D eigenvalue weighted by Crippen LogP contribution is 2.26. The fourth-order valence-corrected chi connectivity index (χ4v) is 2.02. The van der Waals surface area contributed by atoms with Crippen LogP contribution in [0, 0.1) is 6.92 Å². The molecule has 0 aliphatic heterocycles. The molecule has 19 heavy (non-hydrogen) atoms. The summed E-state index contributed by atoms with van der Waals surface area (Å²) < 4.78 is 5.84. The molecule has 0 saturated heterocycles. The van der Waals surface area contributed by atoms with E-state index < -0.39 is 0 Å². The van der Waals surface area contributed by atoms with E-state index in [1.165, 1.54) is 6.33 Å². The van der Waals surface area contributed by atoms with Crippen LogP contribution in [0.25, 0.3) is 0 Å². The maximum atomic E-state index is 5.01. The lowest BCUT2D eigenvalue weighted by atomic mass is 10.3. The van der Waals surface area contributed by atoms with Crippen LogP contribution in [-0.4, -0.2) is 21.7 Å². The van der Waals surface area contributed by atoms with E-state index in [0.29, 0.717) is 6.54 Å². The van der Waals surface area contributed by atoms with Gasteiger partial charge in [0.25, 0.3) is 0 Å². The van der Waals surface area contributed by atoms with Crippen LogP contribution in [-0.2, 0) is 6.54 Å². The molecule has 0 fully saturated rings. The highest BCUT2D eigenvalue weighted by molar-refractivity contribution is 9.10. The number of hydrogen-bond acceptors (Lipinski definition) is 6. The van der Waals surface area contributed by atoms with Gasteiger partial charge >= 0.3 is 0 Å². The average molecular weight is 326 g/mol. The van der Waals surface area contributed by atoms with Crippen LogP contribution in [0.15, 0.2) is 21.4 Å². The molecular weight excluding hydrogens is 310 g/mol. The Kier molecular flexibility index (Phi) is 4.73. The minimum Gasteiger partial charge on any atom is -0.369 e. The summed E-state index contributed by atoms with van der Waals surface area (Å²) in [4.78, 5) is 8.39. The SMILES string of the molecule is CCCNc1ncnc(NCc2cc(C)on2)c1Br. The quantitative estimate of drug-likeness (QED) is 0.850. The molecule has 2 aromatic heterocycles. The average Bonchev–Trinajstić information content (AvgIpc) is 2.82. The van der Waals surface area contributed by atoms with Gasteiger partial charge in [0.1, 0.15) is 33.9 Å². The maximum Gasteiger partial charge on any atom is 0.146 e. The molecule has 0 atom stereocenters. The Balaban J connectivity index is 2.03. The van der Waals surface area contributed by atoms with E-state index in [9.17, 15) is 0 Å². The van der Waals surface area contributed by atoms with Gasteiger partial charge in [-0.15, -0.1) is 0 Å². The van der Waals surface area contributed by atoms with E-state index in [4.69, 9.17) is 4.52 Å². The van der Waals surface area contributed by atoms with Gasteiger partial charge in [-0.05, 0) is 29.3 Å². The molecule has 0 aliphatic carbocycles. The molecule has 0 aromatic carbocycles. The lowest BCUT2D eigenvalue weighted by molar-refractivity contribution is 0.391. The van der Waals surface area contributed by atoms with E-state index in [-0.39, 0.29) is 0 Å². The topological polar surface area (TPSA) is 75.9 Å². The van der Waals surface area contributed by atoms with Crippen LogP contribution in [0.5, 0.6) is 0 Å². The molecule has 102 valence electrons. The number of nitrogens with zero attached hydrogens (tertiary/aromatic N) is 3. The van der Waals surface area contributed by atoms with Gasteiger partial charge in [0, 0.05) is 12.6 Å². The van der Waals surface area contributed by atoms with Gasteiger partial charge in [-0.25, -0.2) is 9.97 Å². The lowest BCUT2D eigenvalue weighted by Gasteiger charge is -2.10. The zero-order valence-corrected chi connectivity index (χ0v) is 12.5. The molecule has 0 radical (unpaired) electrons. The third kappa shape index (κ3) is 3.66. The Morgan fingerprint density at radius 2 is 2.00 bits per heavy atom. The third-order valence-corrected chi connectivity index (χ3v) is 3.20. The van der Waals surface area contributed by atoms with Crippen LogP contribution in [0.2, 0.25) is 0 Å². The third-order valence-electron chi connectivity index (χ3n) is 2.45. The van der Waals surface area contributed by atoms with E-state index in [2.05, 4.69) is 48.6 Å². The fourth-order valence-electron chi connectivity index (χ4n) is 1.54. The van der Waals surface area contributed by atoms with Gasteiger partial charge in [0.2, 0.25) is 0 Å². The summed E-state index contributed by atoms with van der Waals surface area (Å²) in [5, 5.41) is 10.4. The number of aromatic nitrogens is 3. The van der Waals surface area contributed by atoms with E-state index >= 15 is 0 Å². The molecule has 7 heteroatoms. The molecule has 2 N–H and O–H groups in total. The minimum absolute atomic E-state index is 0.556. The van der Waals surface area contributed by atoms with E-state index in [0.717, 1.165) is 40.5 Å². The summed E-state index contributed by atoms with van der Waals surface area (Å²) in [5.41, 5.74) is 0.839. The van der Waals surface area contributed by atoms with Crippen molar-refractivity contribution in [2.24, 2.45) is 0 Å². The molecule has 2 heterocycles. The number of halogens is 1. The first-order valence-corrected chi connectivity index (χ1v) is 6.90. The second kappa shape index (κ2) is 6.51. The van der Waals surface area contributed by atoms with Crippen LogP contribution < -0.4 is 10.6 Å². The zero-order chi connectivity index (χ0) is 13.7. The molecule has 0 saturated carbocycles. The van der Waals surface area contributed by atoms with Gasteiger partial charge in [-0.2, -0.15) is 0 Å². The number of nitrogens with one attached hydrogen (secondary N) is 2. The van der Waals surface area contributed by atoms with Crippen LogP contribution in [0.4, 0.5) is 11.6 Å². The fraction of sp³-hybridized carbons (Fsp3) is 0.417. The predicted molar refractivity (Wildman–Crippen MR) is 77.1 cm³/mol. The van der Waals surface area contributed by atoms with Gasteiger partial charge in [0.05, 0.1) is 6.54 Å². The first-order chi connectivity index (χ1) is 9.20. The predicted octanol–water partition coefficient (Wildman–Crippen LogP) is 2.97. The molecular formula is C12H16BrN5O. The normalized spacial score (nSPS) is 10.5. The summed E-state index contributed by atoms with van der Waals surface area (Å²) in [6, 6.07) is 1.89. The Bertz CT molecular complexity index is 543. The van der Waals surface area contributed by atoms with Crippen molar-refractivity contribution in [3.63, 3.8) is 0 Å². The Labute approximate surface area is 120 Å². The summed E-state index contributed by atoms with van der Waals surface area (Å²) >= 11 is 3.50. The Morgan fingerprint density at radius 1 is 1.26 bits per heavy atom. The van der Waals surface area contributed by atoms with Crippen molar-refractivity contribution in [3.05, 3.63) is 28.3 Å². The molecule has 0 aliphatic rings. The summed E-state index contributed by atoms with van der Waals surface area (Å²) in [6.45, 7) is 5.40. The molecule has 2 rings (SSSR count). The van der Waals surface area contributed by atoms with Crippen molar-refractivity contribution < 1.29 is 4.52 Å². The molecule has 0 unspecified atom stereocenters. The summed E-state index contributed by atoms with van der Waals surface area (Å²) in [5.74, 6) is 2.31. The van der Waals surface area contributed by atoms with Crippen molar-refractivity contribution in [1.82, 2.24) is 15.1 Å². The Morgan fingerprint density at radius 3 is 2.63 bits per heavy atom. The summed E-state index contributed by atoms with van der Waals surface area (Å²) in [6.07, 6.45) is 2.57. The van der Waals surface area contributed by atoms with Gasteiger partial charge < -0.3 is 15.2 Å². The maximum absolute atomic E-state index is 5.01. The van der Waals surface area contributed by atoms with E-state index in [1.807, 2.05) is 13.0 Å².